The van der Waals surface area contributed by atoms with Gasteiger partial charge in [-0.25, -0.2) is 0 Å². The first-order chi connectivity index (χ1) is 8.45. The van der Waals surface area contributed by atoms with Crippen LogP contribution in [0.25, 0.3) is 0 Å². The van der Waals surface area contributed by atoms with Crippen LogP contribution in [0.4, 0.5) is 0 Å². The molecule has 1 atom stereocenters. The van der Waals surface area contributed by atoms with E-state index in [1.165, 1.54) is 0 Å². The second kappa shape index (κ2) is 7.07. The number of rotatable bonds is 6. The Morgan fingerprint density at radius 1 is 1.33 bits per heavy atom. The summed E-state index contributed by atoms with van der Waals surface area (Å²) < 4.78 is 4.98. The average molecular weight is 257 g/mol. The van der Waals surface area contributed by atoms with Crippen molar-refractivity contribution in [2.75, 3.05) is 46.4 Å². The number of nitrogens with zero attached hydrogens (tertiary/aromatic N) is 2. The molecule has 1 aliphatic rings. The maximum atomic E-state index is 11.6. The van der Waals surface area contributed by atoms with Crippen molar-refractivity contribution in [1.29, 1.82) is 0 Å². The van der Waals surface area contributed by atoms with E-state index in [4.69, 9.17) is 10.5 Å². The van der Waals surface area contributed by atoms with Crippen molar-refractivity contribution in [3.8, 4) is 0 Å². The number of carbonyl (C=O) groups is 1. The molecule has 106 valence electrons. The molecule has 0 amide bonds. The molecule has 0 bridgehead atoms. The van der Waals surface area contributed by atoms with Gasteiger partial charge in [0.25, 0.3) is 0 Å². The molecule has 1 aliphatic heterocycles. The predicted octanol–water partition coefficient (Wildman–Crippen LogP) is 0.295. The smallest absolute Gasteiger partial charge is 0.325 e. The number of likely N-dealkylation sites (N-methyl/N-ethyl adjacent to an activating group) is 1. The van der Waals surface area contributed by atoms with E-state index >= 15 is 0 Å². The highest BCUT2D eigenvalue weighted by Crippen LogP contribution is 2.12. The molecule has 1 heterocycles. The lowest BCUT2D eigenvalue weighted by atomic mass is 9.97. The minimum absolute atomic E-state index is 0.289. The van der Waals surface area contributed by atoms with Crippen molar-refractivity contribution in [1.82, 2.24) is 9.80 Å². The topological polar surface area (TPSA) is 58.8 Å². The highest BCUT2D eigenvalue weighted by atomic mass is 16.5. The van der Waals surface area contributed by atoms with Gasteiger partial charge in [-0.1, -0.05) is 0 Å². The molecule has 1 rings (SSSR count). The summed E-state index contributed by atoms with van der Waals surface area (Å²) in [6.07, 6.45) is 1.62. The first-order valence-electron chi connectivity index (χ1n) is 6.82. The van der Waals surface area contributed by atoms with E-state index in [1.807, 2.05) is 0 Å². The Morgan fingerprint density at radius 3 is 2.50 bits per heavy atom. The molecule has 0 aromatic carbocycles. The maximum Gasteiger partial charge on any atom is 0.325 e. The van der Waals surface area contributed by atoms with E-state index < -0.39 is 5.54 Å². The van der Waals surface area contributed by atoms with Gasteiger partial charge in [0.2, 0.25) is 0 Å². The van der Waals surface area contributed by atoms with Gasteiger partial charge in [-0.15, -0.1) is 0 Å². The Morgan fingerprint density at radius 2 is 1.94 bits per heavy atom. The fraction of sp³-hybridized carbons (Fsp3) is 0.923. The monoisotopic (exact) mass is 257 g/mol. The van der Waals surface area contributed by atoms with Gasteiger partial charge in [-0.05, 0) is 40.3 Å². The van der Waals surface area contributed by atoms with Crippen LogP contribution < -0.4 is 5.73 Å². The minimum Gasteiger partial charge on any atom is -0.465 e. The van der Waals surface area contributed by atoms with Gasteiger partial charge in [0.05, 0.1) is 6.61 Å². The van der Waals surface area contributed by atoms with E-state index in [0.717, 1.165) is 39.1 Å². The first kappa shape index (κ1) is 15.4. The number of ether oxygens (including phenoxy) is 1. The molecule has 0 aliphatic carbocycles. The van der Waals surface area contributed by atoms with Crippen molar-refractivity contribution < 1.29 is 9.53 Å². The molecule has 0 saturated carbocycles. The zero-order chi connectivity index (χ0) is 13.6. The number of nitrogens with two attached hydrogens (primary N) is 1. The average Bonchev–Trinajstić information content (AvgIpc) is 2.32. The molecule has 18 heavy (non-hydrogen) atoms. The number of piperazine rings is 1. The lowest BCUT2D eigenvalue weighted by molar-refractivity contribution is -0.149. The lowest BCUT2D eigenvalue weighted by Crippen LogP contribution is -2.48. The third-order valence-electron chi connectivity index (χ3n) is 3.51. The lowest BCUT2D eigenvalue weighted by Gasteiger charge is -2.33. The third-order valence-corrected chi connectivity index (χ3v) is 3.51. The van der Waals surface area contributed by atoms with Gasteiger partial charge in [-0.3, -0.25) is 4.79 Å². The van der Waals surface area contributed by atoms with Gasteiger partial charge in [0.1, 0.15) is 5.54 Å². The summed E-state index contributed by atoms with van der Waals surface area (Å²) in [5.41, 5.74) is 5.14. The molecule has 0 radical (unpaired) electrons. The van der Waals surface area contributed by atoms with Crippen molar-refractivity contribution in [3.05, 3.63) is 0 Å². The Hall–Kier alpha value is -0.650. The predicted molar refractivity (Wildman–Crippen MR) is 72.4 cm³/mol. The first-order valence-corrected chi connectivity index (χ1v) is 6.82. The molecule has 0 aromatic heterocycles. The zero-order valence-electron chi connectivity index (χ0n) is 11.9. The number of hydrogen-bond acceptors (Lipinski definition) is 5. The van der Waals surface area contributed by atoms with E-state index in [1.54, 1.807) is 13.8 Å². The summed E-state index contributed by atoms with van der Waals surface area (Å²) >= 11 is 0. The Balaban J connectivity index is 2.22. The molecule has 1 unspecified atom stereocenters. The summed E-state index contributed by atoms with van der Waals surface area (Å²) in [7, 11) is 2.15. The molecule has 1 fully saturated rings. The van der Waals surface area contributed by atoms with Gasteiger partial charge in [0.15, 0.2) is 0 Å². The second-order valence-electron chi connectivity index (χ2n) is 5.39. The van der Waals surface area contributed by atoms with Crippen LogP contribution >= 0.6 is 0 Å². The molecule has 1 saturated heterocycles. The fourth-order valence-electron chi connectivity index (χ4n) is 2.14. The fourth-order valence-corrected chi connectivity index (χ4v) is 2.14. The summed E-state index contributed by atoms with van der Waals surface area (Å²) in [6.45, 7) is 9.43. The van der Waals surface area contributed by atoms with Gasteiger partial charge >= 0.3 is 5.97 Å². The molecule has 5 heteroatoms. The van der Waals surface area contributed by atoms with Crippen LogP contribution in [0, 0.1) is 0 Å². The maximum absolute atomic E-state index is 11.6. The Bertz CT molecular complexity index is 261. The number of esters is 1. The van der Waals surface area contributed by atoms with Crippen molar-refractivity contribution >= 4 is 5.97 Å². The SMILES string of the molecule is CCOC(=O)C(C)(N)CCCN1CCN(C)CC1. The summed E-state index contributed by atoms with van der Waals surface area (Å²) in [5.74, 6) is -0.289. The van der Waals surface area contributed by atoms with Crippen LogP contribution in [-0.2, 0) is 9.53 Å². The molecule has 0 aromatic rings. The largest absolute Gasteiger partial charge is 0.465 e. The van der Waals surface area contributed by atoms with E-state index in [9.17, 15) is 4.79 Å². The van der Waals surface area contributed by atoms with Crippen LogP contribution in [-0.4, -0.2) is 67.7 Å². The van der Waals surface area contributed by atoms with E-state index in [-0.39, 0.29) is 5.97 Å². The molecular weight excluding hydrogens is 230 g/mol. The standard InChI is InChI=1S/C13H27N3O2/c1-4-18-12(17)13(2,14)6-5-7-16-10-8-15(3)9-11-16/h4-11,14H2,1-3H3. The van der Waals surface area contributed by atoms with Crippen molar-refractivity contribution in [2.24, 2.45) is 5.73 Å². The van der Waals surface area contributed by atoms with Crippen molar-refractivity contribution in [2.45, 2.75) is 32.2 Å². The molecule has 5 nitrogen and oxygen atoms in total. The van der Waals surface area contributed by atoms with Crippen LogP contribution in [0.15, 0.2) is 0 Å². The highest BCUT2D eigenvalue weighted by Gasteiger charge is 2.29. The normalized spacial score (nSPS) is 21.6. The van der Waals surface area contributed by atoms with Crippen LogP contribution in [0.5, 0.6) is 0 Å². The summed E-state index contributed by atoms with van der Waals surface area (Å²) in [4.78, 5) is 16.4. The van der Waals surface area contributed by atoms with E-state index in [2.05, 4.69) is 16.8 Å². The van der Waals surface area contributed by atoms with Crippen LogP contribution in [0.3, 0.4) is 0 Å². The molecule has 2 N–H and O–H groups in total. The van der Waals surface area contributed by atoms with Gasteiger partial charge in [0, 0.05) is 26.2 Å². The van der Waals surface area contributed by atoms with Crippen LogP contribution in [0.2, 0.25) is 0 Å². The number of carbonyl (C=O) groups excluding carboxylic acids is 1. The minimum atomic E-state index is -0.845. The Kier molecular flexibility index (Phi) is 6.05. The quantitative estimate of drug-likeness (QED) is 0.693. The van der Waals surface area contributed by atoms with Gasteiger partial charge < -0.3 is 20.3 Å². The third kappa shape index (κ3) is 4.92. The summed E-state index contributed by atoms with van der Waals surface area (Å²) in [6, 6.07) is 0. The Labute approximate surface area is 110 Å². The molecule has 0 spiro atoms. The van der Waals surface area contributed by atoms with Crippen LogP contribution in [0.1, 0.15) is 26.7 Å². The van der Waals surface area contributed by atoms with E-state index in [0.29, 0.717) is 13.0 Å². The van der Waals surface area contributed by atoms with Crippen molar-refractivity contribution in [3.63, 3.8) is 0 Å². The summed E-state index contributed by atoms with van der Waals surface area (Å²) in [5, 5.41) is 0. The van der Waals surface area contributed by atoms with Gasteiger partial charge in [-0.2, -0.15) is 0 Å². The zero-order valence-corrected chi connectivity index (χ0v) is 11.9. The number of hydrogen-bond donors (Lipinski definition) is 1. The second-order valence-corrected chi connectivity index (χ2v) is 5.39. The molecular formula is C13H27N3O2. The highest BCUT2D eigenvalue weighted by molar-refractivity contribution is 5.79.